The predicted molar refractivity (Wildman–Crippen MR) is 81.5 cm³/mol. The molecule has 0 bridgehead atoms. The van der Waals surface area contributed by atoms with E-state index in [1.807, 2.05) is 6.92 Å². The van der Waals surface area contributed by atoms with Crippen LogP contribution in [0.3, 0.4) is 0 Å². The van der Waals surface area contributed by atoms with Gasteiger partial charge < -0.3 is 10.6 Å². The molecule has 2 rings (SSSR count). The average Bonchev–Trinajstić information content (AvgIpc) is 2.85. The number of hydrogen-bond acceptors (Lipinski definition) is 4. The van der Waals surface area contributed by atoms with Gasteiger partial charge >= 0.3 is 0 Å². The van der Waals surface area contributed by atoms with Crippen LogP contribution in [0.25, 0.3) is 0 Å². The van der Waals surface area contributed by atoms with Crippen molar-refractivity contribution < 1.29 is 13.2 Å². The normalized spacial score (nSPS) is 22.2. The summed E-state index contributed by atoms with van der Waals surface area (Å²) in [6, 6.07) is 5.98. The minimum absolute atomic E-state index is 0.0812. The Balaban J connectivity index is 2.04. The smallest absolute Gasteiger partial charge is 0.241 e. The lowest BCUT2D eigenvalue weighted by atomic mass is 10.0. The van der Waals surface area contributed by atoms with E-state index >= 15 is 0 Å². The van der Waals surface area contributed by atoms with Crippen molar-refractivity contribution in [2.24, 2.45) is 5.92 Å². The van der Waals surface area contributed by atoms with Crippen molar-refractivity contribution in [2.75, 3.05) is 18.4 Å². The maximum Gasteiger partial charge on any atom is 0.241 e. The Kier molecular flexibility index (Phi) is 4.97. The summed E-state index contributed by atoms with van der Waals surface area (Å²) in [4.78, 5) is 12.3. The molecule has 0 radical (unpaired) electrons. The van der Waals surface area contributed by atoms with Crippen LogP contribution in [0.1, 0.15) is 20.3 Å². The van der Waals surface area contributed by atoms with Gasteiger partial charge in [0, 0.05) is 12.2 Å². The van der Waals surface area contributed by atoms with Gasteiger partial charge in [-0.25, -0.2) is 13.1 Å². The van der Waals surface area contributed by atoms with Crippen LogP contribution in [0.4, 0.5) is 5.69 Å². The number of sulfonamides is 1. The molecule has 0 spiro atoms. The fraction of sp³-hybridized carbons (Fsp3) is 0.500. The lowest BCUT2D eigenvalue weighted by Crippen LogP contribution is -2.39. The number of benzene rings is 1. The second-order valence-electron chi connectivity index (χ2n) is 5.21. The lowest BCUT2D eigenvalue weighted by Gasteiger charge is -2.15. The molecule has 1 saturated heterocycles. The molecule has 6 nitrogen and oxygen atoms in total. The SMILES string of the molecule is CCNS(=O)(=O)c1ccc(NC(=O)C2NCCC2C)cc1. The molecule has 1 aliphatic rings. The first kappa shape index (κ1) is 15.9. The molecule has 7 heteroatoms. The van der Waals surface area contributed by atoms with E-state index in [-0.39, 0.29) is 16.8 Å². The van der Waals surface area contributed by atoms with Crippen LogP contribution >= 0.6 is 0 Å². The van der Waals surface area contributed by atoms with E-state index in [0.717, 1.165) is 13.0 Å². The van der Waals surface area contributed by atoms with Crippen molar-refractivity contribution in [3.63, 3.8) is 0 Å². The van der Waals surface area contributed by atoms with E-state index < -0.39 is 10.0 Å². The summed E-state index contributed by atoms with van der Waals surface area (Å²) in [7, 11) is -3.46. The van der Waals surface area contributed by atoms with Crippen LogP contribution in [-0.4, -0.2) is 33.5 Å². The highest BCUT2D eigenvalue weighted by atomic mass is 32.2. The number of carbonyl (C=O) groups excluding carboxylic acids is 1. The zero-order valence-electron chi connectivity index (χ0n) is 12.2. The third-order valence-corrected chi connectivity index (χ3v) is 5.14. The largest absolute Gasteiger partial charge is 0.325 e. The summed E-state index contributed by atoms with van der Waals surface area (Å²) in [5, 5.41) is 5.97. The van der Waals surface area contributed by atoms with Crippen LogP contribution in [0.15, 0.2) is 29.2 Å². The van der Waals surface area contributed by atoms with Crippen LogP contribution < -0.4 is 15.4 Å². The second-order valence-corrected chi connectivity index (χ2v) is 6.98. The molecular weight excluding hydrogens is 290 g/mol. The quantitative estimate of drug-likeness (QED) is 0.754. The summed E-state index contributed by atoms with van der Waals surface area (Å²) in [6.07, 6.45) is 0.984. The van der Waals surface area contributed by atoms with Crippen molar-refractivity contribution in [3.8, 4) is 0 Å². The van der Waals surface area contributed by atoms with Gasteiger partial charge in [0.25, 0.3) is 0 Å². The van der Waals surface area contributed by atoms with Gasteiger partial charge in [-0.2, -0.15) is 0 Å². The minimum atomic E-state index is -3.46. The molecule has 1 fully saturated rings. The molecule has 1 aliphatic heterocycles. The van der Waals surface area contributed by atoms with E-state index in [9.17, 15) is 13.2 Å². The topological polar surface area (TPSA) is 87.3 Å². The third kappa shape index (κ3) is 3.81. The van der Waals surface area contributed by atoms with E-state index in [1.54, 1.807) is 19.1 Å². The number of amides is 1. The molecule has 116 valence electrons. The van der Waals surface area contributed by atoms with Crippen molar-refractivity contribution in [2.45, 2.75) is 31.2 Å². The Morgan fingerprint density at radius 2 is 2.00 bits per heavy atom. The van der Waals surface area contributed by atoms with Crippen LogP contribution in [-0.2, 0) is 14.8 Å². The molecular formula is C14H21N3O3S. The summed E-state index contributed by atoms with van der Waals surface area (Å²) >= 11 is 0. The summed E-state index contributed by atoms with van der Waals surface area (Å²) < 4.78 is 26.0. The second kappa shape index (κ2) is 6.55. The van der Waals surface area contributed by atoms with Gasteiger partial charge in [0.05, 0.1) is 10.9 Å². The summed E-state index contributed by atoms with van der Waals surface area (Å²) in [5.41, 5.74) is 0.594. The van der Waals surface area contributed by atoms with Gasteiger partial charge in [0.15, 0.2) is 0 Å². The zero-order chi connectivity index (χ0) is 15.5. The van der Waals surface area contributed by atoms with Gasteiger partial charge in [-0.3, -0.25) is 4.79 Å². The lowest BCUT2D eigenvalue weighted by molar-refractivity contribution is -0.118. The number of hydrogen-bond donors (Lipinski definition) is 3. The summed E-state index contributed by atoms with van der Waals surface area (Å²) in [5.74, 6) is 0.223. The predicted octanol–water partition coefficient (Wildman–Crippen LogP) is 0.921. The molecule has 1 aromatic rings. The van der Waals surface area contributed by atoms with Crippen LogP contribution in [0, 0.1) is 5.92 Å². The molecule has 1 amide bonds. The fourth-order valence-corrected chi connectivity index (χ4v) is 3.44. The molecule has 0 aromatic heterocycles. The van der Waals surface area contributed by atoms with Gasteiger partial charge in [-0.15, -0.1) is 0 Å². The molecule has 2 unspecified atom stereocenters. The number of anilines is 1. The summed E-state index contributed by atoms with van der Waals surface area (Å²) in [6.45, 7) is 4.95. The molecule has 1 heterocycles. The Labute approximate surface area is 125 Å². The van der Waals surface area contributed by atoms with Crippen molar-refractivity contribution in [3.05, 3.63) is 24.3 Å². The van der Waals surface area contributed by atoms with E-state index in [1.165, 1.54) is 12.1 Å². The Hall–Kier alpha value is -1.44. The Bertz CT molecular complexity index is 598. The third-order valence-electron chi connectivity index (χ3n) is 3.58. The van der Waals surface area contributed by atoms with Crippen LogP contribution in [0.2, 0.25) is 0 Å². The Morgan fingerprint density at radius 3 is 2.52 bits per heavy atom. The van der Waals surface area contributed by atoms with Crippen molar-refractivity contribution in [1.29, 1.82) is 0 Å². The highest BCUT2D eigenvalue weighted by Crippen LogP contribution is 2.18. The van der Waals surface area contributed by atoms with Gasteiger partial charge in [0.1, 0.15) is 0 Å². The average molecular weight is 311 g/mol. The maximum atomic E-state index is 12.1. The van der Waals surface area contributed by atoms with Crippen molar-refractivity contribution >= 4 is 21.6 Å². The zero-order valence-corrected chi connectivity index (χ0v) is 13.0. The van der Waals surface area contributed by atoms with E-state index in [0.29, 0.717) is 18.2 Å². The fourth-order valence-electron chi connectivity index (χ4n) is 2.40. The minimum Gasteiger partial charge on any atom is -0.325 e. The molecule has 0 aliphatic carbocycles. The first-order valence-electron chi connectivity index (χ1n) is 7.08. The molecule has 1 aromatic carbocycles. The number of rotatable bonds is 5. The monoisotopic (exact) mass is 311 g/mol. The molecule has 2 atom stereocenters. The molecule has 21 heavy (non-hydrogen) atoms. The number of nitrogens with one attached hydrogen (secondary N) is 3. The highest BCUT2D eigenvalue weighted by Gasteiger charge is 2.29. The van der Waals surface area contributed by atoms with Gasteiger partial charge in [-0.05, 0) is 43.1 Å². The first-order valence-corrected chi connectivity index (χ1v) is 8.56. The Morgan fingerprint density at radius 1 is 1.33 bits per heavy atom. The number of carbonyl (C=O) groups is 1. The maximum absolute atomic E-state index is 12.1. The molecule has 3 N–H and O–H groups in total. The van der Waals surface area contributed by atoms with Gasteiger partial charge in [0.2, 0.25) is 15.9 Å². The standard InChI is InChI=1S/C14H21N3O3S/c1-3-16-21(19,20)12-6-4-11(5-7-12)17-14(18)13-10(2)8-9-15-13/h4-7,10,13,15-16H,3,8-9H2,1-2H3,(H,17,18). The van der Waals surface area contributed by atoms with Crippen LogP contribution in [0.5, 0.6) is 0 Å². The highest BCUT2D eigenvalue weighted by molar-refractivity contribution is 7.89. The van der Waals surface area contributed by atoms with Gasteiger partial charge in [-0.1, -0.05) is 13.8 Å². The van der Waals surface area contributed by atoms with E-state index in [4.69, 9.17) is 0 Å². The molecule has 0 saturated carbocycles. The van der Waals surface area contributed by atoms with Crippen molar-refractivity contribution in [1.82, 2.24) is 10.0 Å². The first-order chi connectivity index (χ1) is 9.94. The van der Waals surface area contributed by atoms with E-state index in [2.05, 4.69) is 15.4 Å².